The molecule has 1 atom stereocenters. The fraction of sp³-hybridized carbons (Fsp3) is 0.312. The third-order valence-corrected chi connectivity index (χ3v) is 3.70. The topological polar surface area (TPSA) is 39.1 Å². The van der Waals surface area contributed by atoms with Crippen molar-refractivity contribution in [3.05, 3.63) is 42.0 Å². The molecule has 0 aromatic heterocycles. The van der Waals surface area contributed by atoms with E-state index in [1.54, 1.807) is 0 Å². The van der Waals surface area contributed by atoms with Crippen LogP contribution in [0.4, 0.5) is 5.69 Å². The first-order valence-corrected chi connectivity index (χ1v) is 6.69. The minimum atomic E-state index is 0.516. The molecule has 2 aromatic rings. The highest BCUT2D eigenvalue weighted by molar-refractivity contribution is 5.95. The Balaban J connectivity index is 2.06. The summed E-state index contributed by atoms with van der Waals surface area (Å²) in [6.07, 6.45) is 0. The molecule has 1 N–H and O–H groups in total. The summed E-state index contributed by atoms with van der Waals surface area (Å²) in [5.74, 6) is 0. The smallest absolute Gasteiger partial charge is 0.0991 e. The Labute approximate surface area is 113 Å². The van der Waals surface area contributed by atoms with Gasteiger partial charge in [-0.2, -0.15) is 5.26 Å². The van der Waals surface area contributed by atoms with Gasteiger partial charge in [0.2, 0.25) is 0 Å². The quantitative estimate of drug-likeness (QED) is 0.846. The van der Waals surface area contributed by atoms with Gasteiger partial charge in [-0.15, -0.1) is 0 Å². The number of hydrogen-bond donors (Lipinski definition) is 1. The van der Waals surface area contributed by atoms with Crippen LogP contribution in [0.1, 0.15) is 12.5 Å². The number of nitrogens with zero attached hydrogens (tertiary/aromatic N) is 2. The molecule has 0 saturated carbocycles. The second-order valence-electron chi connectivity index (χ2n) is 5.13. The predicted octanol–water partition coefficient (Wildman–Crippen LogP) is 2.51. The third kappa shape index (κ3) is 2.27. The zero-order valence-electron chi connectivity index (χ0n) is 11.1. The van der Waals surface area contributed by atoms with Gasteiger partial charge >= 0.3 is 0 Å². The number of nitriles is 1. The summed E-state index contributed by atoms with van der Waals surface area (Å²) in [6, 6.07) is 15.0. The molecule has 2 aromatic carbocycles. The Bertz CT molecular complexity index is 642. The maximum atomic E-state index is 8.98. The lowest BCUT2D eigenvalue weighted by molar-refractivity contribution is 0.485. The lowest BCUT2D eigenvalue weighted by Gasteiger charge is -2.34. The Kier molecular flexibility index (Phi) is 3.10. The maximum Gasteiger partial charge on any atom is 0.0991 e. The van der Waals surface area contributed by atoms with Crippen LogP contribution < -0.4 is 10.2 Å². The number of piperazine rings is 1. The molecule has 0 unspecified atom stereocenters. The van der Waals surface area contributed by atoms with Gasteiger partial charge in [0.05, 0.1) is 11.6 Å². The van der Waals surface area contributed by atoms with E-state index >= 15 is 0 Å². The fourth-order valence-corrected chi connectivity index (χ4v) is 2.76. The standard InChI is InChI=1S/C16H17N3/c1-12-11-19(8-7-18-12)16-4-2-3-14-9-13(10-17)5-6-15(14)16/h2-6,9,12,18H,7-8,11H2,1H3/t12-/m1/s1. The molecule has 0 amide bonds. The lowest BCUT2D eigenvalue weighted by atomic mass is 10.0. The predicted molar refractivity (Wildman–Crippen MR) is 78.3 cm³/mol. The van der Waals surface area contributed by atoms with E-state index < -0.39 is 0 Å². The fourth-order valence-electron chi connectivity index (χ4n) is 2.76. The summed E-state index contributed by atoms with van der Waals surface area (Å²) in [5.41, 5.74) is 1.99. The SMILES string of the molecule is C[C@@H]1CN(c2cccc3cc(C#N)ccc23)CCN1. The molecule has 1 aliphatic heterocycles. The molecule has 0 radical (unpaired) electrons. The van der Waals surface area contributed by atoms with E-state index in [0.717, 1.165) is 30.6 Å². The number of hydrogen-bond acceptors (Lipinski definition) is 3. The molecule has 3 heteroatoms. The van der Waals surface area contributed by atoms with E-state index in [4.69, 9.17) is 5.26 Å². The average Bonchev–Trinajstić information content (AvgIpc) is 2.46. The van der Waals surface area contributed by atoms with Gasteiger partial charge < -0.3 is 10.2 Å². The molecule has 0 bridgehead atoms. The Morgan fingerprint density at radius 2 is 2.21 bits per heavy atom. The van der Waals surface area contributed by atoms with Crippen LogP contribution in [-0.4, -0.2) is 25.7 Å². The van der Waals surface area contributed by atoms with E-state index in [2.05, 4.69) is 47.5 Å². The maximum absolute atomic E-state index is 8.98. The van der Waals surface area contributed by atoms with Gasteiger partial charge in [0.15, 0.2) is 0 Å². The van der Waals surface area contributed by atoms with Gasteiger partial charge in [-0.3, -0.25) is 0 Å². The number of anilines is 1. The number of benzene rings is 2. The van der Waals surface area contributed by atoms with Crippen LogP contribution in [0.5, 0.6) is 0 Å². The molecule has 1 aliphatic rings. The lowest BCUT2D eigenvalue weighted by Crippen LogP contribution is -2.49. The van der Waals surface area contributed by atoms with E-state index in [1.807, 2.05) is 12.1 Å². The van der Waals surface area contributed by atoms with Crippen molar-refractivity contribution < 1.29 is 0 Å². The Hall–Kier alpha value is -2.05. The normalized spacial score (nSPS) is 19.4. The summed E-state index contributed by atoms with van der Waals surface area (Å²) in [7, 11) is 0. The second kappa shape index (κ2) is 4.91. The third-order valence-electron chi connectivity index (χ3n) is 3.70. The van der Waals surface area contributed by atoms with Crippen molar-refractivity contribution in [3.63, 3.8) is 0 Å². The highest BCUT2D eigenvalue weighted by atomic mass is 15.2. The van der Waals surface area contributed by atoms with Gasteiger partial charge in [0, 0.05) is 36.7 Å². The van der Waals surface area contributed by atoms with E-state index in [0.29, 0.717) is 6.04 Å². The molecule has 3 nitrogen and oxygen atoms in total. The Morgan fingerprint density at radius 3 is 3.00 bits per heavy atom. The molecule has 1 heterocycles. The summed E-state index contributed by atoms with van der Waals surface area (Å²) in [4.78, 5) is 2.43. The minimum absolute atomic E-state index is 0.516. The molecule has 3 rings (SSSR count). The van der Waals surface area contributed by atoms with Crippen LogP contribution in [0.25, 0.3) is 10.8 Å². The van der Waals surface area contributed by atoms with Crippen molar-refractivity contribution in [3.8, 4) is 6.07 Å². The van der Waals surface area contributed by atoms with Gasteiger partial charge in [0.1, 0.15) is 0 Å². The molecule has 96 valence electrons. The van der Waals surface area contributed by atoms with Crippen molar-refractivity contribution in [2.45, 2.75) is 13.0 Å². The average molecular weight is 251 g/mol. The second-order valence-corrected chi connectivity index (χ2v) is 5.13. The van der Waals surface area contributed by atoms with Crippen molar-refractivity contribution in [2.75, 3.05) is 24.5 Å². The van der Waals surface area contributed by atoms with Crippen molar-refractivity contribution in [2.24, 2.45) is 0 Å². The largest absolute Gasteiger partial charge is 0.368 e. The van der Waals surface area contributed by atoms with Gasteiger partial charge in [-0.25, -0.2) is 0 Å². The van der Waals surface area contributed by atoms with Crippen LogP contribution in [0, 0.1) is 11.3 Å². The van der Waals surface area contributed by atoms with Gasteiger partial charge in [0.25, 0.3) is 0 Å². The zero-order valence-corrected chi connectivity index (χ0v) is 11.1. The summed E-state index contributed by atoms with van der Waals surface area (Å²) in [5, 5.41) is 14.8. The van der Waals surface area contributed by atoms with E-state index in [1.165, 1.54) is 11.1 Å². The zero-order chi connectivity index (χ0) is 13.2. The minimum Gasteiger partial charge on any atom is -0.368 e. The first kappa shape index (κ1) is 12.0. The summed E-state index contributed by atoms with van der Waals surface area (Å²) in [6.45, 7) is 5.29. The van der Waals surface area contributed by atoms with E-state index in [-0.39, 0.29) is 0 Å². The van der Waals surface area contributed by atoms with Crippen molar-refractivity contribution >= 4 is 16.5 Å². The Morgan fingerprint density at radius 1 is 1.32 bits per heavy atom. The first-order chi connectivity index (χ1) is 9.28. The molecule has 0 spiro atoms. The van der Waals surface area contributed by atoms with E-state index in [9.17, 15) is 0 Å². The van der Waals surface area contributed by atoms with Crippen LogP contribution >= 0.6 is 0 Å². The van der Waals surface area contributed by atoms with Crippen LogP contribution in [0.15, 0.2) is 36.4 Å². The van der Waals surface area contributed by atoms with Gasteiger partial charge in [-0.05, 0) is 30.5 Å². The molecular weight excluding hydrogens is 234 g/mol. The monoisotopic (exact) mass is 251 g/mol. The molecule has 1 saturated heterocycles. The first-order valence-electron chi connectivity index (χ1n) is 6.69. The van der Waals surface area contributed by atoms with Crippen molar-refractivity contribution in [1.29, 1.82) is 5.26 Å². The van der Waals surface area contributed by atoms with Gasteiger partial charge in [-0.1, -0.05) is 18.2 Å². The molecule has 19 heavy (non-hydrogen) atoms. The van der Waals surface area contributed by atoms with Crippen LogP contribution in [0.3, 0.4) is 0 Å². The molecular formula is C16H17N3. The molecule has 1 fully saturated rings. The highest BCUT2D eigenvalue weighted by Gasteiger charge is 2.17. The highest BCUT2D eigenvalue weighted by Crippen LogP contribution is 2.28. The number of fused-ring (bicyclic) bond motifs is 1. The van der Waals surface area contributed by atoms with Crippen LogP contribution in [-0.2, 0) is 0 Å². The summed E-state index contributed by atoms with van der Waals surface area (Å²) < 4.78 is 0. The van der Waals surface area contributed by atoms with Crippen molar-refractivity contribution in [1.82, 2.24) is 5.32 Å². The van der Waals surface area contributed by atoms with Crippen LogP contribution in [0.2, 0.25) is 0 Å². The number of nitrogens with one attached hydrogen (secondary N) is 1. The summed E-state index contributed by atoms with van der Waals surface area (Å²) >= 11 is 0. The molecule has 0 aliphatic carbocycles. The number of rotatable bonds is 1.